The summed E-state index contributed by atoms with van der Waals surface area (Å²) in [6.07, 6.45) is 2.73. The van der Waals surface area contributed by atoms with E-state index in [9.17, 15) is 14.7 Å². The van der Waals surface area contributed by atoms with Crippen molar-refractivity contribution in [1.82, 2.24) is 20.4 Å². The van der Waals surface area contributed by atoms with E-state index in [1.165, 1.54) is 11.3 Å². The molecule has 8 heteroatoms. The number of carboxylic acids is 1. The Morgan fingerprint density at radius 1 is 1.60 bits per heavy atom. The molecule has 2 heterocycles. The maximum atomic E-state index is 12.2. The molecule has 0 radical (unpaired) electrons. The summed E-state index contributed by atoms with van der Waals surface area (Å²) < 4.78 is 4.56. The molecule has 2 N–H and O–H groups in total. The largest absolute Gasteiger partial charge is 0.480 e. The summed E-state index contributed by atoms with van der Waals surface area (Å²) in [7, 11) is 0. The molecule has 0 bridgehead atoms. The number of urea groups is 1. The van der Waals surface area contributed by atoms with Gasteiger partial charge in [-0.2, -0.15) is 4.98 Å². The average Bonchev–Trinajstić information content (AvgIpc) is 2.86. The number of aliphatic carboxylic acids is 1. The second-order valence-electron chi connectivity index (χ2n) is 5.53. The third kappa shape index (κ3) is 2.89. The quantitative estimate of drug-likeness (QED) is 0.851. The Hall–Kier alpha value is -2.12. The molecule has 8 nitrogen and oxygen atoms in total. The van der Waals surface area contributed by atoms with Crippen LogP contribution in [0.25, 0.3) is 0 Å². The van der Waals surface area contributed by atoms with Crippen LogP contribution in [0.15, 0.2) is 10.9 Å². The molecule has 2 amide bonds. The van der Waals surface area contributed by atoms with Crippen LogP contribution in [0.1, 0.15) is 32.5 Å². The maximum Gasteiger partial charge on any atom is 0.327 e. The fourth-order valence-corrected chi connectivity index (χ4v) is 2.61. The fraction of sp³-hybridized carbons (Fsp3) is 0.667. The molecular formula is C12H18N4O4. The monoisotopic (exact) mass is 282 g/mol. The van der Waals surface area contributed by atoms with Crippen molar-refractivity contribution >= 4 is 12.0 Å². The van der Waals surface area contributed by atoms with Crippen molar-refractivity contribution in [2.24, 2.45) is 5.41 Å². The summed E-state index contributed by atoms with van der Waals surface area (Å²) in [6, 6.07) is -1.25. The Morgan fingerprint density at radius 2 is 2.35 bits per heavy atom. The van der Waals surface area contributed by atoms with Crippen molar-refractivity contribution in [3.63, 3.8) is 0 Å². The molecule has 110 valence electrons. The standard InChI is InChI=1S/C12H18N4O4/c1-12(2)4-3-5-16(9(12)10(17)18)11(19)13-6-8-14-7-20-15-8/h7,9H,3-6H2,1-2H3,(H,13,19)(H,17,18). The van der Waals surface area contributed by atoms with Crippen LogP contribution in [-0.2, 0) is 11.3 Å². The summed E-state index contributed by atoms with van der Waals surface area (Å²) in [5.41, 5.74) is -0.451. The molecule has 20 heavy (non-hydrogen) atoms. The Kier molecular flexibility index (Phi) is 3.91. The van der Waals surface area contributed by atoms with E-state index in [0.717, 1.165) is 12.8 Å². The first-order chi connectivity index (χ1) is 9.42. The van der Waals surface area contributed by atoms with E-state index in [1.807, 2.05) is 13.8 Å². The molecule has 0 aliphatic carbocycles. The molecule has 1 aliphatic rings. The molecule has 1 saturated heterocycles. The second kappa shape index (κ2) is 5.48. The van der Waals surface area contributed by atoms with Crippen molar-refractivity contribution in [2.75, 3.05) is 6.54 Å². The fourth-order valence-electron chi connectivity index (χ4n) is 2.61. The first-order valence-electron chi connectivity index (χ1n) is 6.44. The Balaban J connectivity index is 2.04. The van der Waals surface area contributed by atoms with Crippen LogP contribution >= 0.6 is 0 Å². The summed E-state index contributed by atoms with van der Waals surface area (Å²) in [5.74, 6) is -0.633. The third-order valence-electron chi connectivity index (χ3n) is 3.57. The highest BCUT2D eigenvalue weighted by molar-refractivity contribution is 5.83. The number of hydrogen-bond acceptors (Lipinski definition) is 5. The number of aromatic nitrogens is 2. The minimum atomic E-state index is -0.982. The van der Waals surface area contributed by atoms with Gasteiger partial charge in [-0.15, -0.1) is 0 Å². The number of hydrogen-bond donors (Lipinski definition) is 2. The molecule has 0 spiro atoms. The summed E-state index contributed by atoms with van der Waals surface area (Å²) >= 11 is 0. The van der Waals surface area contributed by atoms with Gasteiger partial charge in [0.05, 0.1) is 6.54 Å². The molecule has 1 atom stereocenters. The van der Waals surface area contributed by atoms with E-state index >= 15 is 0 Å². The smallest absolute Gasteiger partial charge is 0.327 e. The number of piperidine rings is 1. The number of nitrogens with one attached hydrogen (secondary N) is 1. The molecule has 1 aromatic rings. The lowest BCUT2D eigenvalue weighted by molar-refractivity contribution is -0.148. The average molecular weight is 282 g/mol. The molecular weight excluding hydrogens is 264 g/mol. The summed E-state index contributed by atoms with van der Waals surface area (Å²) in [4.78, 5) is 28.8. The third-order valence-corrected chi connectivity index (χ3v) is 3.57. The first-order valence-corrected chi connectivity index (χ1v) is 6.44. The highest BCUT2D eigenvalue weighted by Gasteiger charge is 2.44. The van der Waals surface area contributed by atoms with Gasteiger partial charge in [0.15, 0.2) is 5.82 Å². The van der Waals surface area contributed by atoms with Gasteiger partial charge in [0, 0.05) is 6.54 Å². The molecule has 1 aromatic heterocycles. The van der Waals surface area contributed by atoms with Gasteiger partial charge < -0.3 is 19.8 Å². The normalized spacial score (nSPS) is 21.5. The van der Waals surface area contributed by atoms with Crippen molar-refractivity contribution < 1.29 is 19.2 Å². The first kappa shape index (κ1) is 14.3. The van der Waals surface area contributed by atoms with E-state index < -0.39 is 23.5 Å². The highest BCUT2D eigenvalue weighted by Crippen LogP contribution is 2.35. The number of amides is 2. The lowest BCUT2D eigenvalue weighted by atomic mass is 9.76. The van der Waals surface area contributed by atoms with Gasteiger partial charge in [-0.1, -0.05) is 19.0 Å². The van der Waals surface area contributed by atoms with E-state index in [0.29, 0.717) is 12.4 Å². The zero-order valence-corrected chi connectivity index (χ0v) is 11.5. The molecule has 1 fully saturated rings. The van der Waals surface area contributed by atoms with Gasteiger partial charge in [0.25, 0.3) is 0 Å². The van der Waals surface area contributed by atoms with Crippen LogP contribution in [0, 0.1) is 5.41 Å². The summed E-state index contributed by atoms with van der Waals surface area (Å²) in [6.45, 7) is 4.27. The van der Waals surface area contributed by atoms with Gasteiger partial charge in [0.2, 0.25) is 6.39 Å². The number of carboxylic acid groups (broad SMARTS) is 1. The second-order valence-corrected chi connectivity index (χ2v) is 5.53. The van der Waals surface area contributed by atoms with Crippen LogP contribution in [0.4, 0.5) is 4.79 Å². The zero-order chi connectivity index (χ0) is 14.8. The Bertz CT molecular complexity index is 486. The van der Waals surface area contributed by atoms with E-state index in [4.69, 9.17) is 0 Å². The Morgan fingerprint density at radius 3 is 2.95 bits per heavy atom. The van der Waals surface area contributed by atoms with Crippen molar-refractivity contribution in [3.05, 3.63) is 12.2 Å². The van der Waals surface area contributed by atoms with E-state index in [-0.39, 0.29) is 6.54 Å². The van der Waals surface area contributed by atoms with Crippen molar-refractivity contribution in [1.29, 1.82) is 0 Å². The van der Waals surface area contributed by atoms with Gasteiger partial charge in [0.1, 0.15) is 6.04 Å². The molecule has 1 aliphatic heterocycles. The van der Waals surface area contributed by atoms with Gasteiger partial charge in [-0.3, -0.25) is 0 Å². The predicted octanol–water partition coefficient (Wildman–Crippen LogP) is 0.854. The molecule has 0 aromatic carbocycles. The molecule has 2 rings (SSSR count). The minimum Gasteiger partial charge on any atom is -0.480 e. The highest BCUT2D eigenvalue weighted by atomic mass is 16.5. The van der Waals surface area contributed by atoms with Crippen molar-refractivity contribution in [2.45, 2.75) is 39.3 Å². The predicted molar refractivity (Wildman–Crippen MR) is 67.7 cm³/mol. The number of carbonyl (C=O) groups excluding carboxylic acids is 1. The van der Waals surface area contributed by atoms with Crippen LogP contribution in [0.2, 0.25) is 0 Å². The maximum absolute atomic E-state index is 12.2. The van der Waals surface area contributed by atoms with Gasteiger partial charge >= 0.3 is 12.0 Å². The zero-order valence-electron chi connectivity index (χ0n) is 11.5. The lowest BCUT2D eigenvalue weighted by Crippen LogP contribution is -2.58. The van der Waals surface area contributed by atoms with E-state index in [1.54, 1.807) is 0 Å². The number of carbonyl (C=O) groups is 2. The van der Waals surface area contributed by atoms with Crippen LogP contribution in [0.3, 0.4) is 0 Å². The molecule has 0 saturated carbocycles. The topological polar surface area (TPSA) is 109 Å². The lowest BCUT2D eigenvalue weighted by Gasteiger charge is -2.43. The molecule has 1 unspecified atom stereocenters. The number of likely N-dealkylation sites (tertiary alicyclic amines) is 1. The summed E-state index contributed by atoms with van der Waals surface area (Å²) in [5, 5.41) is 15.6. The minimum absolute atomic E-state index is 0.110. The van der Waals surface area contributed by atoms with Crippen molar-refractivity contribution in [3.8, 4) is 0 Å². The van der Waals surface area contributed by atoms with Gasteiger partial charge in [-0.25, -0.2) is 9.59 Å². The van der Waals surface area contributed by atoms with Gasteiger partial charge in [-0.05, 0) is 18.3 Å². The van der Waals surface area contributed by atoms with Crippen LogP contribution in [0.5, 0.6) is 0 Å². The Labute approximate surface area is 116 Å². The van der Waals surface area contributed by atoms with Crippen LogP contribution < -0.4 is 5.32 Å². The number of rotatable bonds is 3. The van der Waals surface area contributed by atoms with E-state index in [2.05, 4.69) is 20.0 Å². The SMILES string of the molecule is CC1(C)CCCN(C(=O)NCc2ncon2)C1C(=O)O. The number of nitrogens with zero attached hydrogens (tertiary/aromatic N) is 3. The van der Waals surface area contributed by atoms with Crippen LogP contribution in [-0.4, -0.2) is 44.7 Å².